The Hall–Kier alpha value is -2.65. The van der Waals surface area contributed by atoms with Crippen molar-refractivity contribution in [1.82, 2.24) is 9.47 Å². The van der Waals surface area contributed by atoms with Gasteiger partial charge in [0.2, 0.25) is 0 Å². The molecule has 0 unspecified atom stereocenters. The summed E-state index contributed by atoms with van der Waals surface area (Å²) in [6, 6.07) is 13.1. The van der Waals surface area contributed by atoms with Gasteiger partial charge in [0.1, 0.15) is 0 Å². The first-order valence-corrected chi connectivity index (χ1v) is 11.7. The molecule has 1 aromatic heterocycles. The highest BCUT2D eigenvalue weighted by molar-refractivity contribution is 6.03. The zero-order chi connectivity index (χ0) is 22.0. The van der Waals surface area contributed by atoms with Crippen LogP contribution >= 0.6 is 0 Å². The first kappa shape index (κ1) is 21.6. The molecule has 0 spiro atoms. The maximum Gasteiger partial charge on any atom is 0.163 e. The third kappa shape index (κ3) is 4.38. The van der Waals surface area contributed by atoms with Crippen molar-refractivity contribution in [1.29, 1.82) is 0 Å². The quantitative estimate of drug-likeness (QED) is 0.441. The molecule has 0 amide bonds. The molecule has 3 aromatic rings. The smallest absolute Gasteiger partial charge is 0.163 e. The second-order valence-electron chi connectivity index (χ2n) is 8.77. The van der Waals surface area contributed by atoms with Crippen LogP contribution < -0.4 is 0 Å². The number of hydrogen-bond acceptors (Lipinski definition) is 2. The van der Waals surface area contributed by atoms with Crippen molar-refractivity contribution in [2.45, 2.75) is 53.4 Å². The molecule has 0 bridgehead atoms. The largest absolute Gasteiger partial charge is 0.324 e. The second kappa shape index (κ2) is 9.23. The van der Waals surface area contributed by atoms with Crippen LogP contribution in [0.25, 0.3) is 16.8 Å². The molecule has 2 aromatic carbocycles. The average molecular weight is 415 g/mol. The number of carbonyl (C=O) groups is 1. The minimum absolute atomic E-state index is 0.292. The summed E-state index contributed by atoms with van der Waals surface area (Å²) in [4.78, 5) is 15.0. The van der Waals surface area contributed by atoms with Crippen LogP contribution in [0.2, 0.25) is 0 Å². The monoisotopic (exact) mass is 414 g/mol. The Bertz CT molecular complexity index is 1090. The second-order valence-corrected chi connectivity index (χ2v) is 8.77. The maximum atomic E-state index is 12.5. The van der Waals surface area contributed by atoms with Gasteiger partial charge in [0, 0.05) is 30.1 Å². The van der Waals surface area contributed by atoms with E-state index < -0.39 is 0 Å². The first-order valence-electron chi connectivity index (χ1n) is 11.7. The van der Waals surface area contributed by atoms with Crippen molar-refractivity contribution in [3.8, 4) is 16.8 Å². The Kier molecular flexibility index (Phi) is 6.43. The molecular formula is C28H34N2O. The molecule has 1 aliphatic rings. The molecular weight excluding hydrogens is 380 g/mol. The molecule has 0 aliphatic heterocycles. The normalized spacial score (nSPS) is 13.3. The molecule has 31 heavy (non-hydrogen) atoms. The summed E-state index contributed by atoms with van der Waals surface area (Å²) in [5, 5.41) is 0. The van der Waals surface area contributed by atoms with Crippen LogP contribution in [-0.4, -0.2) is 34.9 Å². The van der Waals surface area contributed by atoms with Crippen LogP contribution in [0.4, 0.5) is 0 Å². The van der Waals surface area contributed by atoms with Crippen molar-refractivity contribution in [2.24, 2.45) is 0 Å². The van der Waals surface area contributed by atoms with Gasteiger partial charge in [0.25, 0.3) is 0 Å². The Labute approximate surface area is 186 Å². The van der Waals surface area contributed by atoms with Crippen LogP contribution in [0.5, 0.6) is 0 Å². The third-order valence-electron chi connectivity index (χ3n) is 6.75. The van der Waals surface area contributed by atoms with Crippen LogP contribution in [0.1, 0.15) is 59.3 Å². The highest BCUT2D eigenvalue weighted by Crippen LogP contribution is 2.38. The lowest BCUT2D eigenvalue weighted by Gasteiger charge is -2.20. The van der Waals surface area contributed by atoms with E-state index in [2.05, 4.69) is 86.0 Å². The fraction of sp³-hybridized carbons (Fsp3) is 0.393. The molecule has 1 aliphatic carbocycles. The van der Waals surface area contributed by atoms with E-state index >= 15 is 0 Å². The summed E-state index contributed by atoms with van der Waals surface area (Å²) >= 11 is 0. The van der Waals surface area contributed by atoms with Crippen LogP contribution in [0.15, 0.2) is 48.8 Å². The van der Waals surface area contributed by atoms with Gasteiger partial charge in [-0.15, -0.1) is 0 Å². The van der Waals surface area contributed by atoms with Gasteiger partial charge in [-0.25, -0.2) is 0 Å². The first-order chi connectivity index (χ1) is 15.0. The number of hydrogen-bond donors (Lipinski definition) is 0. The van der Waals surface area contributed by atoms with Crippen LogP contribution in [0, 0.1) is 13.8 Å². The highest BCUT2D eigenvalue weighted by Gasteiger charge is 2.25. The fourth-order valence-corrected chi connectivity index (χ4v) is 4.87. The minimum atomic E-state index is 0.292. The van der Waals surface area contributed by atoms with Crippen molar-refractivity contribution in [2.75, 3.05) is 19.6 Å². The molecule has 4 rings (SSSR count). The summed E-state index contributed by atoms with van der Waals surface area (Å²) in [6.45, 7) is 12.1. The number of ketones is 1. The van der Waals surface area contributed by atoms with E-state index in [1.54, 1.807) is 0 Å². The lowest BCUT2D eigenvalue weighted by molar-refractivity contribution is 0.0994. The molecule has 3 nitrogen and oxygen atoms in total. The summed E-state index contributed by atoms with van der Waals surface area (Å²) < 4.78 is 2.19. The van der Waals surface area contributed by atoms with Gasteiger partial charge in [-0.2, -0.15) is 0 Å². The molecule has 162 valence electrons. The van der Waals surface area contributed by atoms with Crippen LogP contribution in [-0.2, 0) is 12.8 Å². The van der Waals surface area contributed by atoms with E-state index in [4.69, 9.17) is 0 Å². The highest BCUT2D eigenvalue weighted by atomic mass is 16.1. The number of Topliss-reactive ketones (excluding diaryl/α,β-unsaturated/α-hetero) is 1. The Morgan fingerprint density at radius 3 is 2.48 bits per heavy atom. The summed E-state index contributed by atoms with van der Waals surface area (Å²) in [7, 11) is 0. The number of benzene rings is 2. The zero-order valence-electron chi connectivity index (χ0n) is 19.4. The molecule has 0 saturated carbocycles. The van der Waals surface area contributed by atoms with E-state index in [1.165, 1.54) is 39.1 Å². The third-order valence-corrected chi connectivity index (χ3v) is 6.75. The van der Waals surface area contributed by atoms with Gasteiger partial charge >= 0.3 is 0 Å². The molecule has 0 radical (unpaired) electrons. The van der Waals surface area contributed by atoms with E-state index in [9.17, 15) is 4.79 Å². The number of carbonyl (C=O) groups excluding carboxylic acids is 1. The summed E-state index contributed by atoms with van der Waals surface area (Å²) in [5.74, 6) is 0.292. The molecule has 0 fully saturated rings. The fourth-order valence-electron chi connectivity index (χ4n) is 4.87. The minimum Gasteiger partial charge on any atom is -0.324 e. The number of nitrogens with zero attached hydrogens (tertiary/aromatic N) is 2. The SMILES string of the molecule is CCN(CC)CCCc1ccc2c(c1-c1cc(-n3ccc(C)c3)ccc1C)CCC2=O. The topological polar surface area (TPSA) is 25.2 Å². The Morgan fingerprint density at radius 2 is 1.77 bits per heavy atom. The number of aryl methyl sites for hydroxylation is 3. The van der Waals surface area contributed by atoms with E-state index in [1.807, 2.05) is 0 Å². The van der Waals surface area contributed by atoms with Crippen LogP contribution in [0.3, 0.4) is 0 Å². The summed E-state index contributed by atoms with van der Waals surface area (Å²) in [5.41, 5.74) is 9.85. The standard InChI is InChI=1S/C28H34N2O/c1-5-29(6-2)16-7-8-22-10-12-24-25(13-14-27(24)31)28(22)26-18-23(11-9-21(26)4)30-17-15-20(3)19-30/h9-12,15,17-19H,5-8,13-14,16H2,1-4H3. The lowest BCUT2D eigenvalue weighted by Crippen LogP contribution is -2.24. The predicted octanol–water partition coefficient (Wildman–Crippen LogP) is 6.16. The molecule has 3 heteroatoms. The van der Waals surface area contributed by atoms with Crippen molar-refractivity contribution in [3.05, 3.63) is 76.6 Å². The molecule has 0 N–H and O–H groups in total. The van der Waals surface area contributed by atoms with Crippen molar-refractivity contribution < 1.29 is 4.79 Å². The average Bonchev–Trinajstić information content (AvgIpc) is 3.37. The zero-order valence-corrected chi connectivity index (χ0v) is 19.4. The molecule has 1 heterocycles. The van der Waals surface area contributed by atoms with E-state index in [0.717, 1.165) is 44.5 Å². The van der Waals surface area contributed by atoms with Gasteiger partial charge in [-0.3, -0.25) is 4.79 Å². The summed E-state index contributed by atoms with van der Waals surface area (Å²) in [6.07, 6.45) is 7.96. The number of fused-ring (bicyclic) bond motifs is 1. The molecule has 0 atom stereocenters. The van der Waals surface area contributed by atoms with Gasteiger partial charge in [0.15, 0.2) is 5.78 Å². The van der Waals surface area contributed by atoms with Gasteiger partial charge < -0.3 is 9.47 Å². The molecule has 0 saturated heterocycles. The Balaban J connectivity index is 1.77. The van der Waals surface area contributed by atoms with E-state index in [0.29, 0.717) is 12.2 Å². The Morgan fingerprint density at radius 1 is 0.968 bits per heavy atom. The van der Waals surface area contributed by atoms with Crippen molar-refractivity contribution >= 4 is 5.78 Å². The van der Waals surface area contributed by atoms with Crippen molar-refractivity contribution in [3.63, 3.8) is 0 Å². The van der Waals surface area contributed by atoms with Gasteiger partial charge in [-0.1, -0.05) is 32.0 Å². The number of rotatable bonds is 8. The maximum absolute atomic E-state index is 12.5. The number of aromatic nitrogens is 1. The predicted molar refractivity (Wildman–Crippen MR) is 129 cm³/mol. The van der Waals surface area contributed by atoms with Gasteiger partial charge in [-0.05, 0) is 104 Å². The van der Waals surface area contributed by atoms with E-state index in [-0.39, 0.29) is 0 Å². The lowest BCUT2D eigenvalue weighted by atomic mass is 9.87. The van der Waals surface area contributed by atoms with Gasteiger partial charge in [0.05, 0.1) is 0 Å².